The van der Waals surface area contributed by atoms with E-state index in [0.29, 0.717) is 5.88 Å². The first-order valence-electron chi connectivity index (χ1n) is 6.72. The molecule has 106 valence electrons. The molecule has 0 unspecified atom stereocenters. The molecule has 0 bridgehead atoms. The van der Waals surface area contributed by atoms with Crippen molar-refractivity contribution in [3.8, 4) is 11.5 Å². The number of hydrogen-bond acceptors (Lipinski definition) is 2. The van der Waals surface area contributed by atoms with Crippen LogP contribution in [0.4, 0.5) is 5.69 Å². The molecule has 0 amide bonds. The van der Waals surface area contributed by atoms with Crippen LogP contribution in [-0.4, -0.2) is 12.4 Å². The molecule has 2 rings (SSSR count). The first-order chi connectivity index (χ1) is 9.59. The van der Waals surface area contributed by atoms with Gasteiger partial charge in [0.1, 0.15) is 11.5 Å². The van der Waals surface area contributed by atoms with Crippen LogP contribution in [-0.2, 0) is 0 Å². The fraction of sp³-hybridized carbons (Fsp3) is 0.294. The molecule has 3 heteroatoms. The van der Waals surface area contributed by atoms with E-state index in [1.54, 1.807) is 0 Å². The van der Waals surface area contributed by atoms with E-state index in [1.165, 1.54) is 0 Å². The second kappa shape index (κ2) is 6.67. The lowest BCUT2D eigenvalue weighted by molar-refractivity contribution is 0.450. The number of benzene rings is 2. The van der Waals surface area contributed by atoms with Gasteiger partial charge in [-0.15, -0.1) is 11.6 Å². The van der Waals surface area contributed by atoms with E-state index in [0.717, 1.165) is 23.7 Å². The quantitative estimate of drug-likeness (QED) is 0.742. The molecule has 0 aliphatic heterocycles. The summed E-state index contributed by atoms with van der Waals surface area (Å²) in [6.07, 6.45) is 0. The normalized spacial score (nSPS) is 11.2. The largest absolute Gasteiger partial charge is 0.457 e. The first kappa shape index (κ1) is 14.7. The SMILES string of the molecule is CC(C)(CCl)CNc1ccc(Oc2ccccc2)cc1. The maximum atomic E-state index is 5.91. The molecule has 0 fully saturated rings. The average Bonchev–Trinajstić information content (AvgIpc) is 2.48. The Morgan fingerprint density at radius 1 is 0.950 bits per heavy atom. The molecule has 0 aromatic heterocycles. The maximum absolute atomic E-state index is 5.91. The summed E-state index contributed by atoms with van der Waals surface area (Å²) in [5, 5.41) is 3.39. The van der Waals surface area contributed by atoms with Crippen LogP contribution in [0.3, 0.4) is 0 Å². The van der Waals surface area contributed by atoms with Crippen LogP contribution in [0.2, 0.25) is 0 Å². The maximum Gasteiger partial charge on any atom is 0.127 e. The van der Waals surface area contributed by atoms with Crippen molar-refractivity contribution in [2.24, 2.45) is 5.41 Å². The Kier molecular flexibility index (Phi) is 4.91. The van der Waals surface area contributed by atoms with Gasteiger partial charge in [-0.25, -0.2) is 0 Å². The van der Waals surface area contributed by atoms with Gasteiger partial charge in [-0.3, -0.25) is 0 Å². The minimum Gasteiger partial charge on any atom is -0.457 e. The van der Waals surface area contributed by atoms with Crippen LogP contribution in [0.15, 0.2) is 54.6 Å². The highest BCUT2D eigenvalue weighted by atomic mass is 35.5. The lowest BCUT2D eigenvalue weighted by atomic mass is 9.96. The van der Waals surface area contributed by atoms with E-state index in [9.17, 15) is 0 Å². The second-order valence-electron chi connectivity index (χ2n) is 5.59. The Morgan fingerprint density at radius 3 is 2.15 bits per heavy atom. The highest BCUT2D eigenvalue weighted by Gasteiger charge is 2.15. The summed E-state index contributed by atoms with van der Waals surface area (Å²) >= 11 is 5.91. The fourth-order valence-electron chi connectivity index (χ4n) is 1.65. The Balaban J connectivity index is 1.93. The number of alkyl halides is 1. The molecule has 20 heavy (non-hydrogen) atoms. The molecule has 2 aromatic carbocycles. The van der Waals surface area contributed by atoms with Gasteiger partial charge >= 0.3 is 0 Å². The summed E-state index contributed by atoms with van der Waals surface area (Å²) in [5.41, 5.74) is 1.16. The number of para-hydroxylation sites is 1. The molecule has 0 spiro atoms. The smallest absolute Gasteiger partial charge is 0.127 e. The molecular formula is C17H20ClNO. The monoisotopic (exact) mass is 289 g/mol. The van der Waals surface area contributed by atoms with E-state index in [1.807, 2.05) is 54.6 Å². The minimum atomic E-state index is 0.0841. The van der Waals surface area contributed by atoms with Crippen LogP contribution >= 0.6 is 11.6 Å². The van der Waals surface area contributed by atoms with Crippen molar-refractivity contribution < 1.29 is 4.74 Å². The summed E-state index contributed by atoms with van der Waals surface area (Å²) in [5.74, 6) is 2.31. The Bertz CT molecular complexity index is 522. The van der Waals surface area contributed by atoms with Gasteiger partial charge in [-0.2, -0.15) is 0 Å². The van der Waals surface area contributed by atoms with Crippen molar-refractivity contribution in [2.75, 3.05) is 17.7 Å². The van der Waals surface area contributed by atoms with Crippen molar-refractivity contribution >= 4 is 17.3 Å². The van der Waals surface area contributed by atoms with Crippen molar-refractivity contribution in [1.29, 1.82) is 0 Å². The summed E-state index contributed by atoms with van der Waals surface area (Å²) in [4.78, 5) is 0. The van der Waals surface area contributed by atoms with Gasteiger partial charge in [-0.1, -0.05) is 32.0 Å². The Morgan fingerprint density at radius 2 is 1.55 bits per heavy atom. The number of rotatable bonds is 6. The molecule has 0 heterocycles. The van der Waals surface area contributed by atoms with E-state index < -0.39 is 0 Å². The second-order valence-corrected chi connectivity index (χ2v) is 5.86. The van der Waals surface area contributed by atoms with Gasteiger partial charge in [0.15, 0.2) is 0 Å². The lowest BCUT2D eigenvalue weighted by Gasteiger charge is -2.22. The fourth-order valence-corrected chi connectivity index (χ4v) is 1.75. The van der Waals surface area contributed by atoms with Gasteiger partial charge in [0.05, 0.1) is 0 Å². The summed E-state index contributed by atoms with van der Waals surface area (Å²) in [6, 6.07) is 17.7. The Hall–Kier alpha value is -1.67. The molecular weight excluding hydrogens is 270 g/mol. The average molecular weight is 290 g/mol. The van der Waals surface area contributed by atoms with E-state index in [2.05, 4.69) is 19.2 Å². The molecule has 0 aliphatic rings. The lowest BCUT2D eigenvalue weighted by Crippen LogP contribution is -2.24. The van der Waals surface area contributed by atoms with Crippen molar-refractivity contribution in [2.45, 2.75) is 13.8 Å². The Labute approximate surface area is 125 Å². The molecule has 0 radical (unpaired) electrons. The summed E-state index contributed by atoms with van der Waals surface area (Å²) < 4.78 is 5.75. The number of halogens is 1. The zero-order chi connectivity index (χ0) is 14.4. The highest BCUT2D eigenvalue weighted by molar-refractivity contribution is 6.18. The zero-order valence-corrected chi connectivity index (χ0v) is 12.7. The molecule has 0 saturated heterocycles. The van der Waals surface area contributed by atoms with Crippen LogP contribution in [0.25, 0.3) is 0 Å². The summed E-state index contributed by atoms with van der Waals surface area (Å²) in [7, 11) is 0. The van der Waals surface area contributed by atoms with E-state index in [4.69, 9.17) is 16.3 Å². The highest BCUT2D eigenvalue weighted by Crippen LogP contribution is 2.24. The third-order valence-electron chi connectivity index (χ3n) is 2.97. The van der Waals surface area contributed by atoms with Gasteiger partial charge in [0.2, 0.25) is 0 Å². The van der Waals surface area contributed by atoms with Crippen LogP contribution in [0, 0.1) is 5.41 Å². The van der Waals surface area contributed by atoms with E-state index >= 15 is 0 Å². The van der Waals surface area contributed by atoms with E-state index in [-0.39, 0.29) is 5.41 Å². The van der Waals surface area contributed by atoms with Crippen molar-refractivity contribution in [3.05, 3.63) is 54.6 Å². The topological polar surface area (TPSA) is 21.3 Å². The minimum absolute atomic E-state index is 0.0841. The third kappa shape index (κ3) is 4.46. The van der Waals surface area contributed by atoms with Crippen molar-refractivity contribution in [3.63, 3.8) is 0 Å². The zero-order valence-electron chi connectivity index (χ0n) is 11.9. The van der Waals surface area contributed by atoms with Gasteiger partial charge < -0.3 is 10.1 Å². The predicted octanol–water partition coefficient (Wildman–Crippen LogP) is 5.16. The number of anilines is 1. The molecule has 2 aromatic rings. The van der Waals surface area contributed by atoms with Gasteiger partial charge in [0.25, 0.3) is 0 Å². The van der Waals surface area contributed by atoms with Gasteiger partial charge in [0, 0.05) is 18.1 Å². The number of hydrogen-bond donors (Lipinski definition) is 1. The molecule has 0 saturated carbocycles. The van der Waals surface area contributed by atoms with Crippen LogP contribution < -0.4 is 10.1 Å². The molecule has 1 N–H and O–H groups in total. The molecule has 2 nitrogen and oxygen atoms in total. The number of nitrogens with one attached hydrogen (secondary N) is 1. The summed E-state index contributed by atoms with van der Waals surface area (Å²) in [6.45, 7) is 5.12. The van der Waals surface area contributed by atoms with Crippen LogP contribution in [0.5, 0.6) is 11.5 Å². The van der Waals surface area contributed by atoms with Gasteiger partial charge in [-0.05, 0) is 41.8 Å². The molecule has 0 aliphatic carbocycles. The first-order valence-corrected chi connectivity index (χ1v) is 7.25. The van der Waals surface area contributed by atoms with Crippen molar-refractivity contribution in [1.82, 2.24) is 0 Å². The van der Waals surface area contributed by atoms with Crippen LogP contribution in [0.1, 0.15) is 13.8 Å². The predicted molar refractivity (Wildman–Crippen MR) is 85.9 cm³/mol. The standard InChI is InChI=1S/C17H20ClNO/c1-17(2,12-18)13-19-14-8-10-16(11-9-14)20-15-6-4-3-5-7-15/h3-11,19H,12-13H2,1-2H3. The number of ether oxygens (including phenoxy) is 1. The third-order valence-corrected chi connectivity index (χ3v) is 3.69. The molecule has 0 atom stereocenters.